The van der Waals surface area contributed by atoms with Gasteiger partial charge in [0.2, 0.25) is 0 Å². The molecule has 0 atom stereocenters. The second-order valence-corrected chi connectivity index (χ2v) is 3.00. The first kappa shape index (κ1) is 8.62. The Morgan fingerprint density at radius 3 is 3.00 bits per heavy atom. The van der Waals surface area contributed by atoms with Crippen molar-refractivity contribution in [3.8, 4) is 0 Å². The Morgan fingerprint density at radius 1 is 1.43 bits per heavy atom. The minimum atomic E-state index is 0.465. The number of para-hydroxylation sites is 1. The van der Waals surface area contributed by atoms with Crippen LogP contribution in [0.4, 0.5) is 0 Å². The van der Waals surface area contributed by atoms with Crippen molar-refractivity contribution in [1.82, 2.24) is 4.73 Å². The number of rotatable bonds is 2. The van der Waals surface area contributed by atoms with Gasteiger partial charge in [-0.25, -0.2) is 0 Å². The van der Waals surface area contributed by atoms with Gasteiger partial charge in [-0.05, 0) is 11.6 Å². The highest BCUT2D eigenvalue weighted by Gasteiger charge is 2.01. The molecule has 2 rings (SSSR count). The van der Waals surface area contributed by atoms with E-state index in [1.54, 1.807) is 6.07 Å². The highest BCUT2D eigenvalue weighted by atomic mass is 16.5. The van der Waals surface area contributed by atoms with Gasteiger partial charge in [0.15, 0.2) is 0 Å². The average Bonchev–Trinajstić information content (AvgIpc) is 2.54. The third kappa shape index (κ3) is 1.31. The van der Waals surface area contributed by atoms with Gasteiger partial charge in [0, 0.05) is 29.7 Å². The molecular weight excluding hydrogens is 180 g/mol. The highest BCUT2D eigenvalue weighted by molar-refractivity contribution is 5.86. The zero-order valence-corrected chi connectivity index (χ0v) is 7.42. The summed E-state index contributed by atoms with van der Waals surface area (Å²) in [6.07, 6.45) is 3.33. The lowest BCUT2D eigenvalue weighted by Gasteiger charge is -2.05. The van der Waals surface area contributed by atoms with Crippen LogP contribution >= 0.6 is 0 Å². The number of nitrogens with zero attached hydrogens (tertiary/aromatic N) is 2. The van der Waals surface area contributed by atoms with E-state index in [-0.39, 0.29) is 0 Å². The Hall–Kier alpha value is -1.97. The van der Waals surface area contributed by atoms with E-state index in [2.05, 4.69) is 5.16 Å². The van der Waals surface area contributed by atoms with Crippen molar-refractivity contribution in [2.24, 2.45) is 5.16 Å². The molecule has 0 amide bonds. The number of aromatic nitrogens is 1. The minimum absolute atomic E-state index is 0.465. The molecular formula is C10H9N2O2-. The fourth-order valence-electron chi connectivity index (χ4n) is 1.52. The molecule has 0 aliphatic rings. The van der Waals surface area contributed by atoms with Crippen LogP contribution in [-0.4, -0.2) is 16.2 Å². The molecule has 1 N–H and O–H groups in total. The SMILES string of the molecule is [O-]n1cc(C/C=N/O)c2ccccc21. The largest absolute Gasteiger partial charge is 0.806 e. The lowest BCUT2D eigenvalue weighted by molar-refractivity contribution is 0.321. The smallest absolute Gasteiger partial charge is 0.0480 e. The molecule has 1 aromatic carbocycles. The number of hydrogen-bond donors (Lipinski definition) is 1. The summed E-state index contributed by atoms with van der Waals surface area (Å²) in [5, 5.41) is 23.5. The van der Waals surface area contributed by atoms with E-state index in [1.807, 2.05) is 18.2 Å². The first-order chi connectivity index (χ1) is 6.83. The Bertz CT molecular complexity index is 474. The van der Waals surface area contributed by atoms with Crippen LogP contribution in [0.3, 0.4) is 0 Å². The molecule has 0 unspecified atom stereocenters. The number of oxime groups is 1. The third-order valence-electron chi connectivity index (χ3n) is 2.15. The van der Waals surface area contributed by atoms with Crippen molar-refractivity contribution >= 4 is 17.1 Å². The van der Waals surface area contributed by atoms with Gasteiger partial charge < -0.3 is 15.1 Å². The zero-order valence-electron chi connectivity index (χ0n) is 7.42. The second-order valence-electron chi connectivity index (χ2n) is 3.00. The van der Waals surface area contributed by atoms with Crippen LogP contribution in [0, 0.1) is 5.21 Å². The molecule has 0 fully saturated rings. The summed E-state index contributed by atoms with van der Waals surface area (Å²) >= 11 is 0. The molecule has 0 radical (unpaired) electrons. The highest BCUT2D eigenvalue weighted by Crippen LogP contribution is 2.20. The van der Waals surface area contributed by atoms with E-state index in [1.165, 1.54) is 12.4 Å². The monoisotopic (exact) mass is 189 g/mol. The Labute approximate surface area is 80.7 Å². The Kier molecular flexibility index (Phi) is 2.10. The second kappa shape index (κ2) is 3.41. The van der Waals surface area contributed by atoms with E-state index in [9.17, 15) is 5.21 Å². The van der Waals surface area contributed by atoms with Crippen LogP contribution in [0.15, 0.2) is 35.6 Å². The van der Waals surface area contributed by atoms with E-state index >= 15 is 0 Å². The third-order valence-corrected chi connectivity index (χ3v) is 2.15. The van der Waals surface area contributed by atoms with E-state index in [0.717, 1.165) is 15.7 Å². The molecule has 1 aromatic heterocycles. The van der Waals surface area contributed by atoms with Crippen LogP contribution < -0.4 is 0 Å². The maximum Gasteiger partial charge on any atom is 0.0480 e. The predicted molar refractivity (Wildman–Crippen MR) is 54.7 cm³/mol. The number of hydrogen-bond acceptors (Lipinski definition) is 3. The Morgan fingerprint density at radius 2 is 2.21 bits per heavy atom. The average molecular weight is 189 g/mol. The first-order valence-corrected chi connectivity index (χ1v) is 4.25. The summed E-state index contributed by atoms with van der Waals surface area (Å²) in [7, 11) is 0. The normalized spacial score (nSPS) is 11.4. The maximum absolute atomic E-state index is 11.4. The lowest BCUT2D eigenvalue weighted by atomic mass is 10.1. The van der Waals surface area contributed by atoms with Gasteiger partial charge >= 0.3 is 0 Å². The van der Waals surface area contributed by atoms with Crippen LogP contribution in [0.1, 0.15) is 5.56 Å². The van der Waals surface area contributed by atoms with Gasteiger partial charge in [-0.3, -0.25) is 0 Å². The molecule has 0 bridgehead atoms. The summed E-state index contributed by atoms with van der Waals surface area (Å²) in [6, 6.07) is 7.34. The topological polar surface area (TPSA) is 60.6 Å². The molecule has 0 aliphatic carbocycles. The number of fused-ring (bicyclic) bond motifs is 1. The van der Waals surface area contributed by atoms with Crippen molar-refractivity contribution in [3.63, 3.8) is 0 Å². The fraction of sp³-hybridized carbons (Fsp3) is 0.100. The number of benzene rings is 1. The van der Waals surface area contributed by atoms with Gasteiger partial charge in [-0.15, -0.1) is 5.16 Å². The summed E-state index contributed by atoms with van der Waals surface area (Å²) in [6.45, 7) is 0. The molecule has 4 heteroatoms. The van der Waals surface area contributed by atoms with Gasteiger partial charge in [0.05, 0.1) is 0 Å². The quantitative estimate of drug-likeness (QED) is 0.446. The molecule has 0 saturated carbocycles. The molecule has 14 heavy (non-hydrogen) atoms. The Balaban J connectivity index is 2.55. The minimum Gasteiger partial charge on any atom is -0.806 e. The van der Waals surface area contributed by atoms with E-state index < -0.39 is 0 Å². The van der Waals surface area contributed by atoms with Gasteiger partial charge in [-0.1, -0.05) is 18.2 Å². The predicted octanol–water partition coefficient (Wildman–Crippen LogP) is 1.99. The summed E-state index contributed by atoms with van der Waals surface area (Å²) in [5.41, 5.74) is 1.52. The maximum atomic E-state index is 11.4. The van der Waals surface area contributed by atoms with Crippen molar-refractivity contribution in [2.45, 2.75) is 6.42 Å². The molecule has 2 aromatic rings. The molecule has 72 valence electrons. The van der Waals surface area contributed by atoms with Crippen LogP contribution in [0.25, 0.3) is 10.9 Å². The van der Waals surface area contributed by atoms with Crippen LogP contribution in [0.5, 0.6) is 0 Å². The van der Waals surface area contributed by atoms with E-state index in [4.69, 9.17) is 5.21 Å². The van der Waals surface area contributed by atoms with Gasteiger partial charge in [0.25, 0.3) is 0 Å². The molecule has 1 heterocycles. The van der Waals surface area contributed by atoms with Crippen molar-refractivity contribution in [3.05, 3.63) is 41.2 Å². The van der Waals surface area contributed by atoms with E-state index in [0.29, 0.717) is 11.9 Å². The summed E-state index contributed by atoms with van der Waals surface area (Å²) < 4.78 is 0.829. The first-order valence-electron chi connectivity index (χ1n) is 4.25. The van der Waals surface area contributed by atoms with Crippen molar-refractivity contribution in [1.29, 1.82) is 0 Å². The zero-order chi connectivity index (χ0) is 9.97. The molecule has 4 nitrogen and oxygen atoms in total. The molecule has 0 saturated heterocycles. The van der Waals surface area contributed by atoms with Crippen molar-refractivity contribution < 1.29 is 5.21 Å². The van der Waals surface area contributed by atoms with Crippen LogP contribution in [-0.2, 0) is 6.42 Å². The van der Waals surface area contributed by atoms with Crippen LogP contribution in [0.2, 0.25) is 0 Å². The molecule has 0 aliphatic heterocycles. The standard InChI is InChI=1S/C10H9N2O2/c13-11-6-5-8-7-12(14)10-4-2-1-3-9(8)10/h1-4,6-7,13H,5H2/q-1/b11-6+. The van der Waals surface area contributed by atoms with Crippen molar-refractivity contribution in [2.75, 3.05) is 0 Å². The molecule has 0 spiro atoms. The fourth-order valence-corrected chi connectivity index (χ4v) is 1.52. The lowest BCUT2D eigenvalue weighted by Crippen LogP contribution is -1.83. The summed E-state index contributed by atoms with van der Waals surface area (Å²) in [4.78, 5) is 0. The summed E-state index contributed by atoms with van der Waals surface area (Å²) in [5.74, 6) is 0. The van der Waals surface area contributed by atoms with Gasteiger partial charge in [0.1, 0.15) is 0 Å². The van der Waals surface area contributed by atoms with Gasteiger partial charge in [-0.2, -0.15) is 0 Å².